The summed E-state index contributed by atoms with van der Waals surface area (Å²) in [5, 5.41) is 12.1. The minimum Gasteiger partial charge on any atom is -0.420 e. The minimum absolute atomic E-state index is 0.131. The summed E-state index contributed by atoms with van der Waals surface area (Å²) in [6, 6.07) is 8.22. The molecule has 0 saturated heterocycles. The molecule has 11 nitrogen and oxygen atoms in total. The summed E-state index contributed by atoms with van der Waals surface area (Å²) in [6.07, 6.45) is 2.24. The molecule has 0 fully saturated rings. The number of carbonyl (C=O) groups is 2. The van der Waals surface area contributed by atoms with Crippen LogP contribution in [0.3, 0.4) is 0 Å². The van der Waals surface area contributed by atoms with Crippen LogP contribution >= 0.6 is 0 Å². The van der Waals surface area contributed by atoms with E-state index in [9.17, 15) is 22.8 Å². The fraction of sp³-hybridized carbons (Fsp3) is 0.469. The molecule has 0 radical (unpaired) electrons. The maximum Gasteiger partial charge on any atom is 0.308 e. The molecule has 4 N–H and O–H groups in total. The van der Waals surface area contributed by atoms with E-state index in [1.807, 2.05) is 0 Å². The van der Waals surface area contributed by atoms with Crippen molar-refractivity contribution >= 4 is 29.7 Å². The van der Waals surface area contributed by atoms with Crippen LogP contribution in [0.2, 0.25) is 0 Å². The predicted molar refractivity (Wildman–Crippen MR) is 169 cm³/mol. The Labute approximate surface area is 267 Å². The number of rotatable bonds is 17. The highest BCUT2D eigenvalue weighted by atomic mass is 19.1. The summed E-state index contributed by atoms with van der Waals surface area (Å²) in [4.78, 5) is 37.3. The highest BCUT2D eigenvalue weighted by Gasteiger charge is 2.29. The molecule has 3 rings (SSSR count). The average molecular weight is 646 g/mol. The zero-order valence-electron chi connectivity index (χ0n) is 27.0. The van der Waals surface area contributed by atoms with Gasteiger partial charge in [-0.05, 0) is 62.1 Å². The topological polar surface area (TPSA) is 139 Å². The Hall–Kier alpha value is -4.46. The fourth-order valence-corrected chi connectivity index (χ4v) is 4.15. The van der Waals surface area contributed by atoms with Gasteiger partial charge in [-0.1, -0.05) is 39.3 Å². The van der Waals surface area contributed by atoms with Gasteiger partial charge < -0.3 is 30.7 Å². The van der Waals surface area contributed by atoms with Gasteiger partial charge in [0.1, 0.15) is 11.5 Å². The Morgan fingerprint density at radius 2 is 1.52 bits per heavy atom. The monoisotopic (exact) mass is 645 g/mol. The summed E-state index contributed by atoms with van der Waals surface area (Å²) in [5.74, 6) is -3.50. The molecule has 46 heavy (non-hydrogen) atoms. The first-order chi connectivity index (χ1) is 21.7. The number of hydrogen-bond donors (Lipinski definition) is 4. The van der Waals surface area contributed by atoms with Crippen molar-refractivity contribution in [2.24, 2.45) is 5.41 Å². The Bertz CT molecular complexity index is 1480. The number of esters is 1. The fourth-order valence-electron chi connectivity index (χ4n) is 4.15. The Morgan fingerprint density at radius 3 is 2.15 bits per heavy atom. The van der Waals surface area contributed by atoms with Crippen molar-refractivity contribution in [2.45, 2.75) is 79.6 Å². The lowest BCUT2D eigenvalue weighted by Crippen LogP contribution is -2.40. The number of unbranched alkanes of at least 4 members (excludes halogenated alkanes) is 1. The van der Waals surface area contributed by atoms with Gasteiger partial charge in [-0.2, -0.15) is 15.0 Å². The van der Waals surface area contributed by atoms with E-state index < -0.39 is 34.5 Å². The standard InChI is InChI=1S/C32H42F3N7O4/c1-7-8-13-36-28-39-29(38-18-21-10-9-11-23(33)15-21)41-30(40-28)42-32(5,6)45-14-12-31(3,4)27(44)37-19-22-16-24(34)26(25(35)17-22)46-20(2)43/h9-11,15-17H,7-8,12-14,18-19H2,1-6H3,(H,37,44)(H3,36,38,39,40,41,42). The van der Waals surface area contributed by atoms with Crippen LogP contribution in [0.15, 0.2) is 36.4 Å². The van der Waals surface area contributed by atoms with Gasteiger partial charge in [0, 0.05) is 32.0 Å². The van der Waals surface area contributed by atoms with Crippen molar-refractivity contribution in [1.29, 1.82) is 0 Å². The number of ether oxygens (including phenoxy) is 2. The molecule has 1 heterocycles. The molecule has 1 amide bonds. The number of hydrogen-bond acceptors (Lipinski definition) is 10. The van der Waals surface area contributed by atoms with Crippen LogP contribution in [0.5, 0.6) is 5.75 Å². The number of anilines is 3. The first kappa shape index (κ1) is 36.0. The summed E-state index contributed by atoms with van der Waals surface area (Å²) < 4.78 is 52.7. The smallest absolute Gasteiger partial charge is 0.308 e. The maximum atomic E-state index is 14.2. The van der Waals surface area contributed by atoms with Gasteiger partial charge in [-0.25, -0.2) is 13.2 Å². The normalized spacial score (nSPS) is 11.6. The number of aromatic nitrogens is 3. The number of nitrogens with zero attached hydrogens (tertiary/aromatic N) is 3. The number of halogens is 3. The van der Waals surface area contributed by atoms with E-state index in [0.717, 1.165) is 37.5 Å². The van der Waals surface area contributed by atoms with Crippen LogP contribution in [-0.4, -0.2) is 45.7 Å². The van der Waals surface area contributed by atoms with E-state index in [0.29, 0.717) is 25.5 Å². The van der Waals surface area contributed by atoms with Gasteiger partial charge in [0.05, 0.1) is 6.61 Å². The average Bonchev–Trinajstić information content (AvgIpc) is 2.96. The molecule has 1 aromatic heterocycles. The third kappa shape index (κ3) is 11.5. The van der Waals surface area contributed by atoms with E-state index in [2.05, 4.69) is 47.9 Å². The van der Waals surface area contributed by atoms with Crippen LogP contribution in [0, 0.1) is 22.9 Å². The zero-order valence-corrected chi connectivity index (χ0v) is 27.0. The Kier molecular flexibility index (Phi) is 12.7. The summed E-state index contributed by atoms with van der Waals surface area (Å²) in [7, 11) is 0. The second kappa shape index (κ2) is 16.2. The summed E-state index contributed by atoms with van der Waals surface area (Å²) in [6.45, 7) is 11.2. The van der Waals surface area contributed by atoms with Crippen molar-refractivity contribution in [1.82, 2.24) is 20.3 Å². The maximum absolute atomic E-state index is 14.2. The molecular weight excluding hydrogens is 603 g/mol. The molecule has 250 valence electrons. The highest BCUT2D eigenvalue weighted by molar-refractivity contribution is 5.81. The van der Waals surface area contributed by atoms with Crippen molar-refractivity contribution in [3.8, 4) is 5.75 Å². The first-order valence-corrected chi connectivity index (χ1v) is 15.0. The summed E-state index contributed by atoms with van der Waals surface area (Å²) >= 11 is 0. The highest BCUT2D eigenvalue weighted by Crippen LogP contribution is 2.26. The van der Waals surface area contributed by atoms with Crippen molar-refractivity contribution in [3.63, 3.8) is 0 Å². The van der Waals surface area contributed by atoms with Gasteiger partial charge >= 0.3 is 5.97 Å². The van der Waals surface area contributed by atoms with E-state index in [1.165, 1.54) is 12.1 Å². The second-order valence-corrected chi connectivity index (χ2v) is 11.9. The molecule has 14 heteroatoms. The van der Waals surface area contributed by atoms with Gasteiger partial charge in [0.2, 0.25) is 29.5 Å². The van der Waals surface area contributed by atoms with Crippen LogP contribution in [0.25, 0.3) is 0 Å². The van der Waals surface area contributed by atoms with Crippen molar-refractivity contribution in [2.75, 3.05) is 29.1 Å². The lowest BCUT2D eigenvalue weighted by Gasteiger charge is -2.29. The molecule has 2 aromatic carbocycles. The van der Waals surface area contributed by atoms with Crippen LogP contribution < -0.4 is 26.0 Å². The minimum atomic E-state index is -1.04. The molecule has 0 saturated carbocycles. The molecule has 0 spiro atoms. The number of amides is 1. The van der Waals surface area contributed by atoms with E-state index in [4.69, 9.17) is 4.74 Å². The molecule has 3 aromatic rings. The Morgan fingerprint density at radius 1 is 0.870 bits per heavy atom. The SMILES string of the molecule is CCCCNc1nc(NCc2cccc(F)c2)nc(NC(C)(C)OCCC(C)(C)C(=O)NCc2cc(F)c(OC(C)=O)c(F)c2)n1. The third-order valence-electron chi connectivity index (χ3n) is 6.76. The Balaban J connectivity index is 1.58. The molecule has 0 atom stereocenters. The molecule has 0 aliphatic carbocycles. The molecule has 0 bridgehead atoms. The van der Waals surface area contributed by atoms with Gasteiger partial charge in [0.25, 0.3) is 0 Å². The van der Waals surface area contributed by atoms with E-state index >= 15 is 0 Å². The zero-order chi connectivity index (χ0) is 33.9. The first-order valence-electron chi connectivity index (χ1n) is 15.0. The lowest BCUT2D eigenvalue weighted by atomic mass is 9.88. The van der Waals surface area contributed by atoms with Crippen LogP contribution in [-0.2, 0) is 27.4 Å². The third-order valence-corrected chi connectivity index (χ3v) is 6.76. The van der Waals surface area contributed by atoms with Gasteiger partial charge in [0.15, 0.2) is 11.6 Å². The van der Waals surface area contributed by atoms with E-state index in [1.54, 1.807) is 39.8 Å². The van der Waals surface area contributed by atoms with Crippen LogP contribution in [0.4, 0.5) is 31.0 Å². The summed E-state index contributed by atoms with van der Waals surface area (Å²) in [5.41, 5.74) is -0.945. The van der Waals surface area contributed by atoms with Gasteiger partial charge in [-0.15, -0.1) is 0 Å². The quantitative estimate of drug-likeness (QED) is 0.0604. The van der Waals surface area contributed by atoms with Crippen LogP contribution in [0.1, 0.15) is 71.9 Å². The lowest BCUT2D eigenvalue weighted by molar-refractivity contribution is -0.132. The van der Waals surface area contributed by atoms with Crippen molar-refractivity contribution < 1.29 is 32.2 Å². The molecule has 0 unspecified atom stereocenters. The van der Waals surface area contributed by atoms with E-state index in [-0.39, 0.29) is 42.3 Å². The largest absolute Gasteiger partial charge is 0.420 e. The van der Waals surface area contributed by atoms with Crippen molar-refractivity contribution in [3.05, 3.63) is 65.0 Å². The van der Waals surface area contributed by atoms with Gasteiger partial charge in [-0.3, -0.25) is 9.59 Å². The molecule has 0 aliphatic rings. The number of carbonyl (C=O) groups excluding carboxylic acids is 2. The second-order valence-electron chi connectivity index (χ2n) is 11.9. The molecular formula is C32H42F3N7O4. The number of benzene rings is 2. The number of nitrogens with one attached hydrogen (secondary N) is 4. The molecule has 0 aliphatic heterocycles. The predicted octanol–water partition coefficient (Wildman–Crippen LogP) is 5.94.